The van der Waals surface area contributed by atoms with Gasteiger partial charge in [-0.3, -0.25) is 15.1 Å². The van der Waals surface area contributed by atoms with Crippen molar-refractivity contribution in [3.8, 4) is 0 Å². The second kappa shape index (κ2) is 6.98. The van der Waals surface area contributed by atoms with Crippen LogP contribution in [0.2, 0.25) is 0 Å². The lowest BCUT2D eigenvalue weighted by molar-refractivity contribution is -0.114. The number of amidine groups is 2. The first-order chi connectivity index (χ1) is 12.7. The maximum atomic E-state index is 12.3. The van der Waals surface area contributed by atoms with Gasteiger partial charge in [-0.05, 0) is 17.2 Å². The number of carbonyl (C=O) groups is 1. The van der Waals surface area contributed by atoms with Crippen molar-refractivity contribution in [2.75, 3.05) is 0 Å². The molecule has 0 fully saturated rings. The number of allylic oxidation sites excluding steroid dienone is 2. The third-order valence-electron chi connectivity index (χ3n) is 4.04. The summed E-state index contributed by atoms with van der Waals surface area (Å²) in [4.78, 5) is 18.2. The lowest BCUT2D eigenvalue weighted by Crippen LogP contribution is -2.38. The van der Waals surface area contributed by atoms with Crippen LogP contribution < -0.4 is 0 Å². The molecule has 126 valence electrons. The van der Waals surface area contributed by atoms with E-state index in [1.807, 2.05) is 72.1 Å². The second-order valence-corrected chi connectivity index (χ2v) is 6.56. The molecule has 1 N–H and O–H groups in total. The zero-order chi connectivity index (χ0) is 17.9. The van der Waals surface area contributed by atoms with E-state index in [0.29, 0.717) is 5.17 Å². The van der Waals surface area contributed by atoms with E-state index in [-0.39, 0.29) is 17.3 Å². The number of rotatable bonds is 3. The number of hydrogen-bond acceptors (Lipinski definition) is 3. The van der Waals surface area contributed by atoms with Crippen molar-refractivity contribution in [1.29, 1.82) is 5.41 Å². The molecule has 2 aromatic rings. The number of hydrogen-bond donors (Lipinski definition) is 1. The number of carbonyl (C=O) groups excluding carboxylic acids is 1. The van der Waals surface area contributed by atoms with Gasteiger partial charge in [0.1, 0.15) is 5.84 Å². The van der Waals surface area contributed by atoms with E-state index in [1.54, 1.807) is 17.1 Å². The Morgan fingerprint density at radius 1 is 1.00 bits per heavy atom. The van der Waals surface area contributed by atoms with Crippen molar-refractivity contribution >= 4 is 40.4 Å². The summed E-state index contributed by atoms with van der Waals surface area (Å²) in [6, 6.07) is 19.6. The molecule has 0 bridgehead atoms. The minimum Gasteiger partial charge on any atom is -0.283 e. The fourth-order valence-corrected chi connectivity index (χ4v) is 3.64. The van der Waals surface area contributed by atoms with Gasteiger partial charge < -0.3 is 0 Å². The quantitative estimate of drug-likeness (QED) is 0.820. The molecule has 0 unspecified atom stereocenters. The van der Waals surface area contributed by atoms with Crippen molar-refractivity contribution < 1.29 is 4.79 Å². The van der Waals surface area contributed by atoms with Gasteiger partial charge >= 0.3 is 0 Å². The minimum absolute atomic E-state index is 0.151. The van der Waals surface area contributed by atoms with Gasteiger partial charge in [-0.25, -0.2) is 0 Å². The number of fused-ring (bicyclic) bond motifs is 1. The van der Waals surface area contributed by atoms with Gasteiger partial charge in [-0.1, -0.05) is 84.6 Å². The molecule has 2 aliphatic rings. The first kappa shape index (κ1) is 16.3. The van der Waals surface area contributed by atoms with E-state index >= 15 is 0 Å². The molecule has 4 rings (SSSR count). The van der Waals surface area contributed by atoms with Gasteiger partial charge in [0.15, 0.2) is 5.17 Å². The van der Waals surface area contributed by atoms with E-state index in [1.165, 1.54) is 11.8 Å². The highest BCUT2D eigenvalue weighted by atomic mass is 32.2. The smallest absolute Gasteiger partial charge is 0.283 e. The maximum absolute atomic E-state index is 12.3. The number of nitrogens with zero attached hydrogens (tertiary/aromatic N) is 2. The predicted molar refractivity (Wildman–Crippen MR) is 108 cm³/mol. The maximum Gasteiger partial charge on any atom is 0.283 e. The Hall–Kier alpha value is -3.18. The molecule has 2 aromatic carbocycles. The van der Waals surface area contributed by atoms with Crippen LogP contribution in [0.4, 0.5) is 0 Å². The van der Waals surface area contributed by atoms with Crippen LogP contribution >= 0.6 is 11.8 Å². The molecule has 0 aromatic heterocycles. The predicted octanol–water partition coefficient (Wildman–Crippen LogP) is 4.55. The summed E-state index contributed by atoms with van der Waals surface area (Å²) in [7, 11) is 0. The van der Waals surface area contributed by atoms with E-state index in [0.717, 1.165) is 16.8 Å². The average Bonchev–Trinajstić information content (AvgIpc) is 3.10. The van der Waals surface area contributed by atoms with Crippen molar-refractivity contribution in [3.05, 3.63) is 94.9 Å². The van der Waals surface area contributed by atoms with Gasteiger partial charge in [0.2, 0.25) is 0 Å². The molecule has 0 aliphatic carbocycles. The number of aliphatic imine (C=N–C) groups is 1. The molecule has 0 radical (unpaired) electrons. The zero-order valence-electron chi connectivity index (χ0n) is 13.8. The molecule has 2 heterocycles. The Kier molecular flexibility index (Phi) is 4.37. The summed E-state index contributed by atoms with van der Waals surface area (Å²) < 4.78 is 0. The second-order valence-electron chi connectivity index (χ2n) is 5.72. The summed E-state index contributed by atoms with van der Waals surface area (Å²) in [5, 5.41) is 11.0. The van der Waals surface area contributed by atoms with Crippen LogP contribution in [0.5, 0.6) is 0 Å². The summed E-state index contributed by atoms with van der Waals surface area (Å²) in [6.45, 7) is 0. The minimum atomic E-state index is -0.380. The molecule has 0 atom stereocenters. The summed E-state index contributed by atoms with van der Waals surface area (Å²) >= 11 is 1.37. The summed E-state index contributed by atoms with van der Waals surface area (Å²) in [5.41, 5.74) is 3.17. The van der Waals surface area contributed by atoms with Gasteiger partial charge in [-0.2, -0.15) is 4.99 Å². The average molecular weight is 357 g/mol. The van der Waals surface area contributed by atoms with Crippen molar-refractivity contribution in [1.82, 2.24) is 4.90 Å². The van der Waals surface area contributed by atoms with Gasteiger partial charge in [0, 0.05) is 5.41 Å². The number of nitrogens with one attached hydrogen (secondary N) is 1. The SMILES string of the molecule is N=C1C(=CC=Cc2ccccc2)C(=O)N=C2SC=C(c3ccccc3)N12. The Bertz CT molecular complexity index is 988. The topological polar surface area (TPSA) is 56.5 Å². The van der Waals surface area contributed by atoms with Crippen LogP contribution in [0.15, 0.2) is 88.8 Å². The number of amides is 1. The Balaban J connectivity index is 1.64. The largest absolute Gasteiger partial charge is 0.283 e. The standard InChI is InChI=1S/C21H15N3OS/c22-19-17(13-7-10-15-8-3-1-4-9-15)20(25)23-21-24(19)18(14-26-21)16-11-5-2-6-12-16/h1-14,22H. The van der Waals surface area contributed by atoms with E-state index in [9.17, 15) is 4.79 Å². The molecule has 1 amide bonds. The van der Waals surface area contributed by atoms with Gasteiger partial charge in [-0.15, -0.1) is 0 Å². The van der Waals surface area contributed by atoms with Crippen molar-refractivity contribution in [2.24, 2.45) is 4.99 Å². The fraction of sp³-hybridized carbons (Fsp3) is 0. The molecule has 5 heteroatoms. The number of benzene rings is 2. The molecule has 2 aliphatic heterocycles. The molecular formula is C21H15N3OS. The molecular weight excluding hydrogens is 342 g/mol. The molecule has 0 saturated carbocycles. The number of thioether (sulfide) groups is 1. The lowest BCUT2D eigenvalue weighted by Gasteiger charge is -2.26. The summed E-state index contributed by atoms with van der Waals surface area (Å²) in [5.74, 6) is -0.230. The normalized spacial score (nSPS) is 18.3. The van der Waals surface area contributed by atoms with Crippen LogP contribution in [0, 0.1) is 5.41 Å². The highest BCUT2D eigenvalue weighted by Gasteiger charge is 2.35. The van der Waals surface area contributed by atoms with Crippen LogP contribution in [-0.4, -0.2) is 21.8 Å². The third kappa shape index (κ3) is 3.05. The highest BCUT2D eigenvalue weighted by Crippen LogP contribution is 2.36. The first-order valence-corrected chi connectivity index (χ1v) is 9.00. The summed E-state index contributed by atoms with van der Waals surface area (Å²) in [6.07, 6.45) is 5.34. The Labute approximate surface area is 155 Å². The van der Waals surface area contributed by atoms with E-state index in [4.69, 9.17) is 5.41 Å². The molecule has 26 heavy (non-hydrogen) atoms. The fourth-order valence-electron chi connectivity index (χ4n) is 2.75. The van der Waals surface area contributed by atoms with Gasteiger partial charge in [0.05, 0.1) is 11.3 Å². The molecule has 0 saturated heterocycles. The molecule has 4 nitrogen and oxygen atoms in total. The van der Waals surface area contributed by atoms with Crippen LogP contribution in [0.3, 0.4) is 0 Å². The van der Waals surface area contributed by atoms with Crippen LogP contribution in [0.1, 0.15) is 11.1 Å². The van der Waals surface area contributed by atoms with E-state index in [2.05, 4.69) is 4.99 Å². The lowest BCUT2D eigenvalue weighted by atomic mass is 10.1. The van der Waals surface area contributed by atoms with Gasteiger partial charge in [0.25, 0.3) is 5.91 Å². The van der Waals surface area contributed by atoms with Crippen molar-refractivity contribution in [3.63, 3.8) is 0 Å². The van der Waals surface area contributed by atoms with E-state index < -0.39 is 0 Å². The Morgan fingerprint density at radius 3 is 2.42 bits per heavy atom. The first-order valence-electron chi connectivity index (χ1n) is 8.12. The van der Waals surface area contributed by atoms with Crippen molar-refractivity contribution in [2.45, 2.75) is 0 Å². The van der Waals surface area contributed by atoms with Crippen LogP contribution in [0.25, 0.3) is 11.8 Å². The Morgan fingerprint density at radius 2 is 1.69 bits per heavy atom. The monoisotopic (exact) mass is 357 g/mol. The van der Waals surface area contributed by atoms with Crippen LogP contribution in [-0.2, 0) is 4.79 Å². The third-order valence-corrected chi connectivity index (χ3v) is 4.86. The zero-order valence-corrected chi connectivity index (χ0v) is 14.6. The molecule has 0 spiro atoms. The highest BCUT2D eigenvalue weighted by molar-refractivity contribution is 8.17.